The van der Waals surface area contributed by atoms with Crippen LogP contribution in [0, 0.1) is 0 Å². The van der Waals surface area contributed by atoms with Gasteiger partial charge in [0.25, 0.3) is 0 Å². The van der Waals surface area contributed by atoms with E-state index < -0.39 is 0 Å². The molecule has 15 heavy (non-hydrogen) atoms. The van der Waals surface area contributed by atoms with Crippen molar-refractivity contribution >= 4 is 32.6 Å². The first-order valence-corrected chi connectivity index (χ1v) is 4.94. The van der Waals surface area contributed by atoms with Crippen LogP contribution >= 0.6 is 0 Å². The molecule has 0 fully saturated rings. The summed E-state index contributed by atoms with van der Waals surface area (Å²) in [5.41, 5.74) is 2.29. The van der Waals surface area contributed by atoms with Gasteiger partial charge in [0.1, 0.15) is 0 Å². The fourth-order valence-corrected chi connectivity index (χ4v) is 2.29. The second kappa shape index (κ2) is 2.11. The molecule has 0 aliphatic carbocycles. The minimum Gasteiger partial charge on any atom is -0.354 e. The number of hydrogen-bond acceptors (Lipinski definition) is 1. The van der Waals surface area contributed by atoms with E-state index in [4.69, 9.17) is 0 Å². The Hall–Kier alpha value is -2.09. The van der Waals surface area contributed by atoms with Gasteiger partial charge in [0, 0.05) is 21.7 Å². The zero-order chi connectivity index (χ0) is 9.99. The van der Waals surface area contributed by atoms with E-state index in [-0.39, 0.29) is 5.43 Å². The lowest BCUT2D eigenvalue weighted by atomic mass is 10.2. The first-order valence-electron chi connectivity index (χ1n) is 4.94. The van der Waals surface area contributed by atoms with Gasteiger partial charge in [-0.15, -0.1) is 0 Å². The van der Waals surface area contributed by atoms with Crippen molar-refractivity contribution in [3.63, 3.8) is 0 Å². The van der Waals surface area contributed by atoms with Crippen molar-refractivity contribution in [1.29, 1.82) is 0 Å². The van der Waals surface area contributed by atoms with Crippen LogP contribution < -0.4 is 5.43 Å². The summed E-state index contributed by atoms with van der Waals surface area (Å²) in [6.45, 7) is 0. The fourth-order valence-electron chi connectivity index (χ4n) is 2.29. The average Bonchev–Trinajstić information content (AvgIpc) is 2.79. The maximum Gasteiger partial charge on any atom is 0.196 e. The van der Waals surface area contributed by atoms with Crippen molar-refractivity contribution < 1.29 is 0 Å². The third-order valence-corrected chi connectivity index (χ3v) is 3.09. The van der Waals surface area contributed by atoms with E-state index in [0.717, 1.165) is 27.2 Å². The molecule has 70 valence electrons. The molecule has 3 aromatic carbocycles. The van der Waals surface area contributed by atoms with Crippen LogP contribution in [-0.2, 0) is 0 Å². The summed E-state index contributed by atoms with van der Waals surface area (Å²) in [5.74, 6) is 0. The van der Waals surface area contributed by atoms with Crippen molar-refractivity contribution in [2.75, 3.05) is 0 Å². The lowest BCUT2D eigenvalue weighted by Crippen LogP contribution is -1.69. The third-order valence-electron chi connectivity index (χ3n) is 3.09. The van der Waals surface area contributed by atoms with E-state index in [1.165, 1.54) is 5.39 Å². The van der Waals surface area contributed by atoms with Gasteiger partial charge < -0.3 is 4.98 Å². The molecule has 0 atom stereocenters. The van der Waals surface area contributed by atoms with E-state index in [1.54, 1.807) is 0 Å². The number of aromatic amines is 1. The largest absolute Gasteiger partial charge is 0.354 e. The lowest BCUT2D eigenvalue weighted by molar-refractivity contribution is 1.57. The van der Waals surface area contributed by atoms with Crippen molar-refractivity contribution in [3.8, 4) is 0 Å². The summed E-state index contributed by atoms with van der Waals surface area (Å²) >= 11 is 0. The maximum absolute atomic E-state index is 11.4. The van der Waals surface area contributed by atoms with Crippen LogP contribution in [0.2, 0.25) is 0 Å². The van der Waals surface area contributed by atoms with E-state index in [0.29, 0.717) is 0 Å². The molecule has 4 rings (SSSR count). The summed E-state index contributed by atoms with van der Waals surface area (Å²) in [4.78, 5) is 14.7. The molecule has 0 aliphatic rings. The highest BCUT2D eigenvalue weighted by Crippen LogP contribution is 2.31. The molecule has 0 unspecified atom stereocenters. The third kappa shape index (κ3) is 0.734. The Morgan fingerprint density at radius 3 is 2.60 bits per heavy atom. The summed E-state index contributed by atoms with van der Waals surface area (Å²) in [5, 5.41) is 4.09. The zero-order valence-corrected chi connectivity index (χ0v) is 7.87. The van der Waals surface area contributed by atoms with Gasteiger partial charge in [-0.25, -0.2) is 0 Å². The Morgan fingerprint density at radius 2 is 1.67 bits per heavy atom. The summed E-state index contributed by atoms with van der Waals surface area (Å²) < 4.78 is 0. The molecular formula is C13H7NO. The first kappa shape index (κ1) is 7.23. The quantitative estimate of drug-likeness (QED) is 0.457. The highest BCUT2D eigenvalue weighted by molar-refractivity contribution is 6.21. The smallest absolute Gasteiger partial charge is 0.196 e. The van der Waals surface area contributed by atoms with Gasteiger partial charge >= 0.3 is 0 Å². The van der Waals surface area contributed by atoms with Crippen molar-refractivity contribution in [2.45, 2.75) is 0 Å². The second-order valence-electron chi connectivity index (χ2n) is 3.91. The van der Waals surface area contributed by atoms with Crippen molar-refractivity contribution in [3.05, 3.63) is 46.6 Å². The highest BCUT2D eigenvalue weighted by Gasteiger charge is 2.17. The van der Waals surface area contributed by atoms with Gasteiger partial charge in [0.2, 0.25) is 0 Å². The van der Waals surface area contributed by atoms with Crippen LogP contribution in [-0.4, -0.2) is 4.98 Å². The Morgan fingerprint density at radius 1 is 0.867 bits per heavy atom. The van der Waals surface area contributed by atoms with Gasteiger partial charge in [-0.05, 0) is 12.1 Å². The molecule has 1 N–H and O–H groups in total. The van der Waals surface area contributed by atoms with Gasteiger partial charge in [0.15, 0.2) is 5.43 Å². The highest BCUT2D eigenvalue weighted by atomic mass is 16.1. The Balaban J connectivity index is 2.41. The predicted octanol–water partition coefficient (Wildman–Crippen LogP) is 2.71. The second-order valence-corrected chi connectivity index (χ2v) is 3.91. The van der Waals surface area contributed by atoms with E-state index in [9.17, 15) is 4.79 Å². The number of H-pyrrole nitrogens is 1. The Labute approximate surface area is 84.8 Å². The average molecular weight is 193 g/mol. The minimum absolute atomic E-state index is 0.191. The Kier molecular flexibility index (Phi) is 1.02. The first-order chi connectivity index (χ1) is 7.36. The number of fused-ring (bicyclic) bond motifs is 5. The van der Waals surface area contributed by atoms with E-state index in [2.05, 4.69) is 11.1 Å². The van der Waals surface area contributed by atoms with Crippen LogP contribution in [0.3, 0.4) is 0 Å². The van der Waals surface area contributed by atoms with Crippen molar-refractivity contribution in [2.24, 2.45) is 0 Å². The minimum atomic E-state index is 0.191. The van der Waals surface area contributed by atoms with Crippen LogP contribution in [0.4, 0.5) is 0 Å². The molecule has 0 saturated carbocycles. The van der Waals surface area contributed by atoms with Crippen molar-refractivity contribution in [1.82, 2.24) is 4.98 Å². The molecule has 1 heterocycles. The molecular weight excluding hydrogens is 186 g/mol. The molecule has 0 amide bonds. The Bertz CT molecular complexity index is 828. The van der Waals surface area contributed by atoms with Gasteiger partial charge in [0.05, 0.1) is 10.9 Å². The number of nitrogens with one attached hydrogen (secondary N) is 1. The molecule has 0 bridgehead atoms. The lowest BCUT2D eigenvalue weighted by Gasteiger charge is -1.86. The summed E-state index contributed by atoms with van der Waals surface area (Å²) in [6.07, 6.45) is 0. The van der Waals surface area contributed by atoms with Crippen LogP contribution in [0.25, 0.3) is 32.6 Å². The van der Waals surface area contributed by atoms with Crippen LogP contribution in [0.1, 0.15) is 0 Å². The maximum atomic E-state index is 11.4. The van der Waals surface area contributed by atoms with E-state index >= 15 is 0 Å². The summed E-state index contributed by atoms with van der Waals surface area (Å²) in [7, 11) is 0. The van der Waals surface area contributed by atoms with Gasteiger partial charge in [-0.2, -0.15) is 0 Å². The predicted molar refractivity (Wildman–Crippen MR) is 62.0 cm³/mol. The molecule has 2 heteroatoms. The molecule has 0 radical (unpaired) electrons. The number of aromatic nitrogens is 1. The monoisotopic (exact) mass is 193 g/mol. The molecule has 1 aromatic heterocycles. The van der Waals surface area contributed by atoms with Crippen LogP contribution in [0.5, 0.6) is 0 Å². The fraction of sp³-hybridized carbons (Fsp3) is 0. The molecule has 4 aromatic rings. The molecule has 2 nitrogen and oxygen atoms in total. The molecule has 0 spiro atoms. The number of hydrogen-bond donors (Lipinski definition) is 1. The van der Waals surface area contributed by atoms with E-state index in [1.807, 2.05) is 30.3 Å². The van der Waals surface area contributed by atoms with Gasteiger partial charge in [-0.3, -0.25) is 4.79 Å². The number of rotatable bonds is 0. The standard InChI is InChI=1S/C13H7NO/c15-13-9-6-5-8-7-3-1-2-4-10(7)14-12(8)11(9)13/h1-6,14H. The number of benzene rings is 2. The molecule has 0 aliphatic heterocycles. The SMILES string of the molecule is O=c1c2ccc3c4ccccc4[nH]c3c12. The number of para-hydroxylation sites is 1. The summed E-state index contributed by atoms with van der Waals surface area (Å²) in [6, 6.07) is 12.1. The normalized spacial score (nSPS) is 12.3. The zero-order valence-electron chi connectivity index (χ0n) is 7.87. The topological polar surface area (TPSA) is 32.9 Å². The molecule has 0 saturated heterocycles. The van der Waals surface area contributed by atoms with Gasteiger partial charge in [-0.1, -0.05) is 24.3 Å². The van der Waals surface area contributed by atoms with Crippen LogP contribution in [0.15, 0.2) is 41.2 Å².